The second-order valence-corrected chi connectivity index (χ2v) is 8.99. The third-order valence-corrected chi connectivity index (χ3v) is 6.86. The Morgan fingerprint density at radius 1 is 1.29 bits per heavy atom. The molecular formula is C23H35N3O2. The fourth-order valence-electron chi connectivity index (χ4n) is 5.35. The molecule has 2 aliphatic carbocycles. The SMILES string of the molecule is CN=C(NCCCOC1CCCc2ccccc21)NC1C2CCOC2C1(C)C. The average molecular weight is 386 g/mol. The molecule has 154 valence electrons. The van der Waals surface area contributed by atoms with Crippen LogP contribution in [-0.4, -0.2) is 44.9 Å². The number of nitrogens with zero attached hydrogens (tertiary/aromatic N) is 1. The second kappa shape index (κ2) is 8.42. The third kappa shape index (κ3) is 3.79. The fourth-order valence-corrected chi connectivity index (χ4v) is 5.35. The van der Waals surface area contributed by atoms with Crippen LogP contribution in [-0.2, 0) is 15.9 Å². The smallest absolute Gasteiger partial charge is 0.191 e. The maximum atomic E-state index is 6.21. The Morgan fingerprint density at radius 2 is 2.14 bits per heavy atom. The zero-order valence-corrected chi connectivity index (χ0v) is 17.5. The van der Waals surface area contributed by atoms with E-state index < -0.39 is 0 Å². The standard InChI is InChI=1S/C23H35N3O2/c1-23(2)20(18-12-15-28-21(18)23)26-22(24-3)25-13-7-14-27-19-11-6-9-16-8-4-5-10-17(16)19/h4-5,8,10,18-21H,6-7,9,11-15H2,1-3H3,(H2,24,25,26). The minimum Gasteiger partial charge on any atom is -0.377 e. The lowest BCUT2D eigenvalue weighted by Gasteiger charge is -2.54. The molecule has 4 unspecified atom stereocenters. The summed E-state index contributed by atoms with van der Waals surface area (Å²) < 4.78 is 12.1. The number of ether oxygens (including phenoxy) is 2. The van der Waals surface area contributed by atoms with Crippen molar-refractivity contribution in [3.63, 3.8) is 0 Å². The van der Waals surface area contributed by atoms with Gasteiger partial charge in [0.1, 0.15) is 0 Å². The van der Waals surface area contributed by atoms with Gasteiger partial charge >= 0.3 is 0 Å². The minimum atomic E-state index is 0.163. The van der Waals surface area contributed by atoms with Gasteiger partial charge in [-0.1, -0.05) is 38.1 Å². The number of fused-ring (bicyclic) bond motifs is 2. The summed E-state index contributed by atoms with van der Waals surface area (Å²) in [6, 6.07) is 9.15. The number of rotatable bonds is 6. The van der Waals surface area contributed by atoms with Crippen molar-refractivity contribution in [2.75, 3.05) is 26.8 Å². The van der Waals surface area contributed by atoms with Gasteiger partial charge in [0.05, 0.1) is 12.2 Å². The van der Waals surface area contributed by atoms with Crippen molar-refractivity contribution in [1.29, 1.82) is 0 Å². The van der Waals surface area contributed by atoms with Gasteiger partial charge < -0.3 is 20.1 Å². The highest BCUT2D eigenvalue weighted by Crippen LogP contribution is 2.52. The molecule has 1 aromatic carbocycles. The summed E-state index contributed by atoms with van der Waals surface area (Å²) in [6.45, 7) is 7.12. The van der Waals surface area contributed by atoms with Crippen LogP contribution in [0.1, 0.15) is 56.8 Å². The lowest BCUT2D eigenvalue weighted by molar-refractivity contribution is -0.106. The second-order valence-electron chi connectivity index (χ2n) is 8.99. The summed E-state index contributed by atoms with van der Waals surface area (Å²) >= 11 is 0. The fraction of sp³-hybridized carbons (Fsp3) is 0.696. The molecule has 4 rings (SSSR count). The molecule has 2 N–H and O–H groups in total. The minimum absolute atomic E-state index is 0.163. The zero-order chi connectivity index (χ0) is 19.6. The number of benzene rings is 1. The molecule has 0 amide bonds. The van der Waals surface area contributed by atoms with Crippen LogP contribution in [0, 0.1) is 11.3 Å². The van der Waals surface area contributed by atoms with E-state index in [1.165, 1.54) is 24.0 Å². The third-order valence-electron chi connectivity index (χ3n) is 6.86. The molecule has 5 heteroatoms. The highest BCUT2D eigenvalue weighted by molar-refractivity contribution is 5.80. The maximum absolute atomic E-state index is 6.21. The monoisotopic (exact) mass is 385 g/mol. The maximum Gasteiger partial charge on any atom is 0.191 e. The van der Waals surface area contributed by atoms with Crippen LogP contribution in [0.25, 0.3) is 0 Å². The van der Waals surface area contributed by atoms with E-state index in [2.05, 4.69) is 53.7 Å². The van der Waals surface area contributed by atoms with Crippen molar-refractivity contribution < 1.29 is 9.47 Å². The predicted molar refractivity (Wildman–Crippen MR) is 113 cm³/mol. The first-order valence-electron chi connectivity index (χ1n) is 10.9. The van der Waals surface area contributed by atoms with Crippen molar-refractivity contribution in [3.8, 4) is 0 Å². The quantitative estimate of drug-likeness (QED) is 0.447. The van der Waals surface area contributed by atoms with Gasteiger partial charge in [0, 0.05) is 44.2 Å². The van der Waals surface area contributed by atoms with Gasteiger partial charge in [-0.15, -0.1) is 0 Å². The van der Waals surface area contributed by atoms with Crippen molar-refractivity contribution in [2.24, 2.45) is 16.3 Å². The summed E-state index contributed by atoms with van der Waals surface area (Å²) in [6.07, 6.45) is 6.33. The topological polar surface area (TPSA) is 54.9 Å². The molecule has 1 aromatic rings. The molecule has 2 fully saturated rings. The Morgan fingerprint density at radius 3 is 3.00 bits per heavy atom. The molecule has 1 heterocycles. The first kappa shape index (κ1) is 19.7. The highest BCUT2D eigenvalue weighted by atomic mass is 16.5. The molecule has 1 saturated heterocycles. The van der Waals surface area contributed by atoms with Gasteiger partial charge in [0.2, 0.25) is 0 Å². The van der Waals surface area contributed by atoms with E-state index >= 15 is 0 Å². The molecule has 1 aliphatic heterocycles. The Bertz CT molecular complexity index is 703. The zero-order valence-electron chi connectivity index (χ0n) is 17.5. The Labute approximate surface area is 169 Å². The Kier molecular flexibility index (Phi) is 5.93. The molecule has 0 spiro atoms. The number of aliphatic imine (C=N–C) groups is 1. The van der Waals surface area contributed by atoms with E-state index in [-0.39, 0.29) is 11.5 Å². The van der Waals surface area contributed by atoms with E-state index in [0.717, 1.165) is 45.0 Å². The van der Waals surface area contributed by atoms with E-state index in [0.29, 0.717) is 18.1 Å². The summed E-state index contributed by atoms with van der Waals surface area (Å²) in [5.41, 5.74) is 3.01. The average Bonchev–Trinajstić information content (AvgIpc) is 3.17. The molecule has 4 atom stereocenters. The van der Waals surface area contributed by atoms with Crippen molar-refractivity contribution in [3.05, 3.63) is 35.4 Å². The van der Waals surface area contributed by atoms with Gasteiger partial charge in [0.25, 0.3) is 0 Å². The van der Waals surface area contributed by atoms with Gasteiger partial charge in [-0.05, 0) is 43.2 Å². The molecule has 1 saturated carbocycles. The first-order chi connectivity index (χ1) is 13.6. The van der Waals surface area contributed by atoms with Crippen molar-refractivity contribution in [1.82, 2.24) is 10.6 Å². The van der Waals surface area contributed by atoms with Gasteiger partial charge in [-0.3, -0.25) is 4.99 Å². The summed E-state index contributed by atoms with van der Waals surface area (Å²) in [5.74, 6) is 1.51. The normalized spacial score (nSPS) is 30.9. The molecule has 0 bridgehead atoms. The van der Waals surface area contributed by atoms with Crippen molar-refractivity contribution >= 4 is 5.96 Å². The van der Waals surface area contributed by atoms with Crippen LogP contribution in [0.2, 0.25) is 0 Å². The Hall–Kier alpha value is -1.59. The van der Waals surface area contributed by atoms with Gasteiger partial charge in [-0.25, -0.2) is 0 Å². The lowest BCUT2D eigenvalue weighted by Crippen LogP contribution is -2.68. The van der Waals surface area contributed by atoms with Crippen molar-refractivity contribution in [2.45, 2.75) is 64.2 Å². The largest absolute Gasteiger partial charge is 0.377 e. The highest BCUT2D eigenvalue weighted by Gasteiger charge is 2.59. The number of hydrogen-bond donors (Lipinski definition) is 2. The van der Waals surface area contributed by atoms with Crippen LogP contribution in [0.15, 0.2) is 29.3 Å². The van der Waals surface area contributed by atoms with Crippen LogP contribution in [0.5, 0.6) is 0 Å². The molecule has 0 aromatic heterocycles. The summed E-state index contributed by atoms with van der Waals surface area (Å²) in [4.78, 5) is 4.42. The van der Waals surface area contributed by atoms with E-state index in [4.69, 9.17) is 9.47 Å². The van der Waals surface area contributed by atoms with Crippen LogP contribution in [0.3, 0.4) is 0 Å². The first-order valence-corrected chi connectivity index (χ1v) is 10.9. The van der Waals surface area contributed by atoms with Crippen LogP contribution < -0.4 is 10.6 Å². The summed E-state index contributed by atoms with van der Waals surface area (Å²) in [5, 5.41) is 7.10. The molecule has 3 aliphatic rings. The Balaban J connectivity index is 1.19. The summed E-state index contributed by atoms with van der Waals surface area (Å²) in [7, 11) is 1.85. The number of hydrogen-bond acceptors (Lipinski definition) is 3. The number of nitrogens with one attached hydrogen (secondary N) is 2. The van der Waals surface area contributed by atoms with E-state index in [1.54, 1.807) is 0 Å². The van der Waals surface area contributed by atoms with Gasteiger partial charge in [-0.2, -0.15) is 0 Å². The molecule has 0 radical (unpaired) electrons. The predicted octanol–water partition coefficient (Wildman–Crippen LogP) is 3.45. The molecule has 5 nitrogen and oxygen atoms in total. The molecule has 28 heavy (non-hydrogen) atoms. The number of aryl methyl sites for hydroxylation is 1. The number of guanidine groups is 1. The lowest BCUT2D eigenvalue weighted by atomic mass is 9.57. The van der Waals surface area contributed by atoms with E-state index in [9.17, 15) is 0 Å². The van der Waals surface area contributed by atoms with Crippen LogP contribution >= 0.6 is 0 Å². The van der Waals surface area contributed by atoms with Gasteiger partial charge in [0.15, 0.2) is 5.96 Å². The van der Waals surface area contributed by atoms with Crippen LogP contribution in [0.4, 0.5) is 0 Å². The molecular weight excluding hydrogens is 350 g/mol. The van der Waals surface area contributed by atoms with E-state index in [1.807, 2.05) is 7.05 Å².